The third-order valence-electron chi connectivity index (χ3n) is 1.70. The van der Waals surface area contributed by atoms with Crippen molar-refractivity contribution in [1.29, 1.82) is 0 Å². The highest BCUT2D eigenvalue weighted by Crippen LogP contribution is 2.52. The second-order valence-corrected chi connectivity index (χ2v) is 3.03. The molecule has 0 N–H and O–H groups in total. The van der Waals surface area contributed by atoms with Crippen LogP contribution in [0.25, 0.3) is 0 Å². The van der Waals surface area contributed by atoms with Gasteiger partial charge in [-0.25, -0.2) is 0 Å². The number of fused-ring (bicyclic) bond motifs is 2. The van der Waals surface area contributed by atoms with E-state index in [0.29, 0.717) is 17.4 Å². The lowest BCUT2D eigenvalue weighted by molar-refractivity contribution is 0.293. The van der Waals surface area contributed by atoms with Gasteiger partial charge in [0, 0.05) is 0 Å². The van der Waals surface area contributed by atoms with E-state index in [4.69, 9.17) is 21.1 Å². The molecular formula is C9H9ClO2. The highest BCUT2D eigenvalue weighted by Gasteiger charge is 2.24. The minimum atomic E-state index is 0.683. The van der Waals surface area contributed by atoms with E-state index in [-0.39, 0.29) is 0 Å². The number of halogens is 1. The van der Waals surface area contributed by atoms with Crippen molar-refractivity contribution in [1.82, 2.24) is 0 Å². The lowest BCUT2D eigenvalue weighted by Gasteiger charge is -2.22. The van der Waals surface area contributed by atoms with Crippen molar-refractivity contribution in [2.45, 2.75) is 13.3 Å². The molecule has 0 saturated carbocycles. The number of rotatable bonds is 3. The molecule has 0 spiro atoms. The first kappa shape index (κ1) is 7.74. The highest BCUT2D eigenvalue weighted by atomic mass is 35.5. The molecule has 12 heavy (non-hydrogen) atoms. The van der Waals surface area contributed by atoms with Crippen molar-refractivity contribution in [2.75, 3.05) is 6.61 Å². The summed E-state index contributed by atoms with van der Waals surface area (Å²) in [5, 5.41) is 0.684. The quantitative estimate of drug-likeness (QED) is 0.729. The average Bonchev–Trinajstić information content (AvgIpc) is 2.14. The molecule has 2 aliphatic heterocycles. The molecular weight excluding hydrogens is 176 g/mol. The number of hydrogen-bond acceptors (Lipinski definition) is 2. The zero-order chi connectivity index (χ0) is 8.55. The molecule has 64 valence electrons. The summed E-state index contributed by atoms with van der Waals surface area (Å²) in [5.41, 5.74) is 0. The fourth-order valence-electron chi connectivity index (χ4n) is 1.08. The summed E-state index contributed by atoms with van der Waals surface area (Å²) in [7, 11) is 0. The van der Waals surface area contributed by atoms with E-state index in [1.165, 1.54) is 0 Å². The summed E-state index contributed by atoms with van der Waals surface area (Å²) in [6, 6.07) is 3.70. The van der Waals surface area contributed by atoms with E-state index in [1.807, 2.05) is 12.1 Å². The Morgan fingerprint density at radius 2 is 2.33 bits per heavy atom. The van der Waals surface area contributed by atoms with Crippen LogP contribution in [0, 0.1) is 0 Å². The zero-order valence-electron chi connectivity index (χ0n) is 6.76. The van der Waals surface area contributed by atoms with Crippen molar-refractivity contribution in [2.24, 2.45) is 0 Å². The van der Waals surface area contributed by atoms with Crippen LogP contribution in [0.5, 0.6) is 17.2 Å². The van der Waals surface area contributed by atoms with E-state index in [0.717, 1.165) is 17.9 Å². The van der Waals surface area contributed by atoms with Crippen LogP contribution in [0.15, 0.2) is 12.1 Å². The second kappa shape index (κ2) is 2.87. The van der Waals surface area contributed by atoms with Gasteiger partial charge in [0.25, 0.3) is 0 Å². The average molecular weight is 185 g/mol. The number of hydrogen-bond donors (Lipinski definition) is 0. The Hall–Kier alpha value is -0.890. The summed E-state index contributed by atoms with van der Waals surface area (Å²) in [6.07, 6.45) is 0.985. The van der Waals surface area contributed by atoms with Crippen LogP contribution in [-0.2, 0) is 0 Å². The Labute approximate surface area is 76.1 Å². The van der Waals surface area contributed by atoms with E-state index in [1.54, 1.807) is 0 Å². The SMILES string of the molecule is CCCOc1ccc2c(Cl)c1O2. The summed E-state index contributed by atoms with van der Waals surface area (Å²) in [6.45, 7) is 2.76. The van der Waals surface area contributed by atoms with Gasteiger partial charge in [-0.05, 0) is 18.6 Å². The van der Waals surface area contributed by atoms with Gasteiger partial charge in [0.05, 0.1) is 6.61 Å². The Morgan fingerprint density at radius 3 is 2.92 bits per heavy atom. The third kappa shape index (κ3) is 1.03. The molecule has 2 heterocycles. The molecule has 3 rings (SSSR count). The minimum absolute atomic E-state index is 0.683. The molecule has 1 aromatic carbocycles. The molecule has 0 aliphatic carbocycles. The first-order valence-electron chi connectivity index (χ1n) is 3.96. The topological polar surface area (TPSA) is 18.5 Å². The molecule has 0 unspecified atom stereocenters. The molecule has 2 bridgehead atoms. The molecule has 2 aliphatic rings. The van der Waals surface area contributed by atoms with Crippen molar-refractivity contribution in [3.63, 3.8) is 0 Å². The van der Waals surface area contributed by atoms with Gasteiger partial charge in [0.2, 0.25) is 0 Å². The molecule has 3 heteroatoms. The Bertz CT molecular complexity index is 310. The number of ether oxygens (including phenoxy) is 2. The van der Waals surface area contributed by atoms with Gasteiger partial charge in [-0.3, -0.25) is 0 Å². The van der Waals surface area contributed by atoms with Gasteiger partial charge >= 0.3 is 0 Å². The van der Waals surface area contributed by atoms with Crippen LogP contribution < -0.4 is 9.47 Å². The normalized spacial score (nSPS) is 11.8. The van der Waals surface area contributed by atoms with Crippen molar-refractivity contribution >= 4 is 11.6 Å². The van der Waals surface area contributed by atoms with Crippen LogP contribution in [0.2, 0.25) is 5.02 Å². The van der Waals surface area contributed by atoms with Crippen molar-refractivity contribution in [3.05, 3.63) is 17.2 Å². The molecule has 0 atom stereocenters. The predicted molar refractivity (Wildman–Crippen MR) is 47.3 cm³/mol. The van der Waals surface area contributed by atoms with Gasteiger partial charge in [-0.15, -0.1) is 0 Å². The van der Waals surface area contributed by atoms with Crippen LogP contribution >= 0.6 is 11.6 Å². The highest BCUT2D eigenvalue weighted by molar-refractivity contribution is 6.35. The van der Waals surface area contributed by atoms with Gasteiger partial charge in [-0.2, -0.15) is 0 Å². The van der Waals surface area contributed by atoms with E-state index in [9.17, 15) is 0 Å². The zero-order valence-corrected chi connectivity index (χ0v) is 7.52. The maximum absolute atomic E-state index is 5.86. The summed E-state index contributed by atoms with van der Waals surface area (Å²) in [4.78, 5) is 0. The first-order valence-corrected chi connectivity index (χ1v) is 4.34. The second-order valence-electron chi connectivity index (χ2n) is 2.66. The van der Waals surface area contributed by atoms with Crippen LogP contribution in [0.3, 0.4) is 0 Å². The first-order chi connectivity index (χ1) is 5.83. The molecule has 0 fully saturated rings. The monoisotopic (exact) mass is 184 g/mol. The number of benzene rings is 1. The summed E-state index contributed by atoms with van der Waals surface area (Å²) >= 11 is 5.86. The molecule has 0 amide bonds. The minimum Gasteiger partial charge on any atom is -0.490 e. The van der Waals surface area contributed by atoms with Gasteiger partial charge in [0.1, 0.15) is 10.8 Å². The molecule has 1 aromatic rings. The molecule has 2 nitrogen and oxygen atoms in total. The molecule has 0 radical (unpaired) electrons. The Morgan fingerprint density at radius 1 is 1.50 bits per heavy atom. The summed E-state index contributed by atoms with van der Waals surface area (Å²) in [5.74, 6) is 2.18. The van der Waals surface area contributed by atoms with Gasteiger partial charge in [0.15, 0.2) is 11.5 Å². The smallest absolute Gasteiger partial charge is 0.191 e. The Kier molecular flexibility index (Phi) is 1.85. The maximum atomic E-state index is 5.86. The van der Waals surface area contributed by atoms with E-state index < -0.39 is 0 Å². The van der Waals surface area contributed by atoms with Gasteiger partial charge in [-0.1, -0.05) is 18.5 Å². The van der Waals surface area contributed by atoms with Gasteiger partial charge < -0.3 is 9.47 Å². The summed E-state index contributed by atoms with van der Waals surface area (Å²) < 4.78 is 10.6. The predicted octanol–water partition coefficient (Wildman–Crippen LogP) is 3.23. The fraction of sp³-hybridized carbons (Fsp3) is 0.333. The van der Waals surface area contributed by atoms with E-state index in [2.05, 4.69) is 6.92 Å². The largest absolute Gasteiger partial charge is 0.490 e. The molecule has 0 aromatic heterocycles. The Balaban J connectivity index is 2.19. The third-order valence-corrected chi connectivity index (χ3v) is 2.06. The lowest BCUT2D eigenvalue weighted by atomic mass is 10.2. The van der Waals surface area contributed by atoms with Crippen LogP contribution in [0.1, 0.15) is 13.3 Å². The van der Waals surface area contributed by atoms with E-state index >= 15 is 0 Å². The molecule has 0 saturated heterocycles. The lowest BCUT2D eigenvalue weighted by Crippen LogP contribution is -2.03. The standard InChI is InChI=1S/C9H9ClO2/c1-2-5-11-7-4-3-6-8(10)9(7)12-6/h3-4H,2,5H2,1H3. The maximum Gasteiger partial charge on any atom is 0.191 e. The van der Waals surface area contributed by atoms with Crippen LogP contribution in [0.4, 0.5) is 0 Å². The fourth-order valence-corrected chi connectivity index (χ4v) is 1.32. The van der Waals surface area contributed by atoms with Crippen LogP contribution in [-0.4, -0.2) is 6.61 Å². The van der Waals surface area contributed by atoms with Crippen molar-refractivity contribution in [3.8, 4) is 17.2 Å². The van der Waals surface area contributed by atoms with Crippen molar-refractivity contribution < 1.29 is 9.47 Å².